The number of hydrogen-bond acceptors (Lipinski definition) is 6. The molecular weight excluding hydrogens is 366 g/mol. The van der Waals surface area contributed by atoms with Crippen molar-refractivity contribution in [3.05, 3.63) is 50.9 Å². The molecule has 0 saturated heterocycles. The smallest absolute Gasteiger partial charge is 0.300 e. The van der Waals surface area contributed by atoms with E-state index >= 15 is 0 Å². The lowest BCUT2D eigenvalue weighted by Gasteiger charge is -2.10. The SMILES string of the molecule is CC(=O)O.Cc1nc2sc3c(c2c(=O)n1N=C1C=CC(=O)C=C1)CCCC3. The van der Waals surface area contributed by atoms with E-state index in [-0.39, 0.29) is 11.3 Å². The predicted molar refractivity (Wildman–Crippen MR) is 105 cm³/mol. The van der Waals surface area contributed by atoms with Crippen LogP contribution in [-0.4, -0.2) is 32.2 Å². The predicted octanol–water partition coefficient (Wildman–Crippen LogP) is 2.64. The lowest BCUT2D eigenvalue weighted by Crippen LogP contribution is -2.22. The number of carboxylic acid groups (broad SMARTS) is 1. The summed E-state index contributed by atoms with van der Waals surface area (Å²) in [6.07, 6.45) is 10.4. The van der Waals surface area contributed by atoms with Gasteiger partial charge in [0.2, 0.25) is 0 Å². The zero-order valence-electron chi connectivity index (χ0n) is 15.1. The molecule has 140 valence electrons. The summed E-state index contributed by atoms with van der Waals surface area (Å²) in [6, 6.07) is 0. The minimum atomic E-state index is -0.833. The Labute approximate surface area is 159 Å². The molecule has 2 aromatic heterocycles. The molecule has 1 N–H and O–H groups in total. The summed E-state index contributed by atoms with van der Waals surface area (Å²) in [4.78, 5) is 39.8. The lowest BCUT2D eigenvalue weighted by atomic mass is 9.97. The molecule has 2 aliphatic carbocycles. The van der Waals surface area contributed by atoms with Gasteiger partial charge in [0.05, 0.1) is 11.1 Å². The molecule has 7 nitrogen and oxygen atoms in total. The van der Waals surface area contributed by atoms with Gasteiger partial charge in [-0.05, 0) is 62.5 Å². The Balaban J connectivity index is 0.000000481. The van der Waals surface area contributed by atoms with Crippen LogP contribution in [0.3, 0.4) is 0 Å². The average molecular weight is 385 g/mol. The summed E-state index contributed by atoms with van der Waals surface area (Å²) in [6.45, 7) is 2.87. The summed E-state index contributed by atoms with van der Waals surface area (Å²) in [5, 5.41) is 12.5. The summed E-state index contributed by atoms with van der Waals surface area (Å²) in [5.74, 6) is -0.346. The summed E-state index contributed by atoms with van der Waals surface area (Å²) < 4.78 is 1.35. The van der Waals surface area contributed by atoms with E-state index in [4.69, 9.17) is 9.90 Å². The van der Waals surface area contributed by atoms with Crippen LogP contribution in [0.25, 0.3) is 10.2 Å². The van der Waals surface area contributed by atoms with Crippen LogP contribution in [0.5, 0.6) is 0 Å². The molecule has 0 fully saturated rings. The van der Waals surface area contributed by atoms with Crippen molar-refractivity contribution in [1.82, 2.24) is 9.66 Å². The molecular formula is C19H19N3O4S. The Morgan fingerprint density at radius 2 is 1.81 bits per heavy atom. The summed E-state index contributed by atoms with van der Waals surface area (Å²) >= 11 is 1.64. The van der Waals surface area contributed by atoms with Crippen LogP contribution in [0.1, 0.15) is 36.0 Å². The molecule has 2 heterocycles. The number of ketones is 1. The maximum Gasteiger partial charge on any atom is 0.300 e. The van der Waals surface area contributed by atoms with Crippen LogP contribution in [0, 0.1) is 6.92 Å². The van der Waals surface area contributed by atoms with Crippen LogP contribution in [-0.2, 0) is 22.4 Å². The Bertz CT molecular complexity index is 1050. The number of hydrogen-bond donors (Lipinski definition) is 1. The fourth-order valence-corrected chi connectivity index (χ4v) is 4.34. The van der Waals surface area contributed by atoms with Gasteiger partial charge in [-0.1, -0.05) is 0 Å². The second kappa shape index (κ2) is 7.79. The number of aromatic nitrogens is 2. The fourth-order valence-electron chi connectivity index (χ4n) is 3.04. The number of thiophene rings is 1. The van der Waals surface area contributed by atoms with Gasteiger partial charge in [-0.15, -0.1) is 11.3 Å². The van der Waals surface area contributed by atoms with E-state index in [0.29, 0.717) is 11.5 Å². The van der Waals surface area contributed by atoms with E-state index in [1.54, 1.807) is 30.4 Å². The van der Waals surface area contributed by atoms with Gasteiger partial charge < -0.3 is 5.11 Å². The second-order valence-corrected chi connectivity index (χ2v) is 7.36. The van der Waals surface area contributed by atoms with Crippen LogP contribution >= 0.6 is 11.3 Å². The average Bonchev–Trinajstić information content (AvgIpc) is 2.98. The maximum atomic E-state index is 12.9. The highest BCUT2D eigenvalue weighted by atomic mass is 32.1. The van der Waals surface area contributed by atoms with Crippen LogP contribution in [0.15, 0.2) is 34.2 Å². The Morgan fingerprint density at radius 1 is 1.19 bits per heavy atom. The van der Waals surface area contributed by atoms with Gasteiger partial charge in [0, 0.05) is 11.8 Å². The van der Waals surface area contributed by atoms with E-state index in [9.17, 15) is 9.59 Å². The number of aryl methyl sites for hydroxylation is 3. The highest BCUT2D eigenvalue weighted by Gasteiger charge is 2.21. The molecule has 0 radical (unpaired) electrons. The molecule has 0 aliphatic heterocycles. The monoisotopic (exact) mass is 385 g/mol. The molecule has 27 heavy (non-hydrogen) atoms. The van der Waals surface area contributed by atoms with E-state index < -0.39 is 5.97 Å². The molecule has 0 saturated carbocycles. The van der Waals surface area contributed by atoms with Crippen LogP contribution in [0.2, 0.25) is 0 Å². The molecule has 0 aromatic carbocycles. The number of rotatable bonds is 1. The standard InChI is InChI=1S/C17H15N3O2S.C2H4O2/c1-10-18-16-15(13-4-2-3-5-14(13)23-16)17(22)20(10)19-11-6-8-12(21)9-7-11;1-2(3)4/h6-9H,2-5H2,1H3;1H3,(H,3,4). The van der Waals surface area contributed by atoms with Crippen molar-refractivity contribution in [1.29, 1.82) is 0 Å². The summed E-state index contributed by atoms with van der Waals surface area (Å²) in [7, 11) is 0. The van der Waals surface area contributed by atoms with E-state index in [2.05, 4.69) is 10.1 Å². The minimum Gasteiger partial charge on any atom is -0.481 e. The Kier molecular flexibility index (Phi) is 5.46. The second-order valence-electron chi connectivity index (χ2n) is 6.28. The number of aliphatic carboxylic acids is 1. The third-order valence-corrected chi connectivity index (χ3v) is 5.37. The van der Waals surface area contributed by atoms with Crippen molar-refractivity contribution in [2.24, 2.45) is 5.10 Å². The maximum absolute atomic E-state index is 12.9. The molecule has 0 atom stereocenters. The molecule has 0 bridgehead atoms. The van der Waals surface area contributed by atoms with Crippen molar-refractivity contribution in [3.63, 3.8) is 0 Å². The van der Waals surface area contributed by atoms with Gasteiger partial charge in [-0.3, -0.25) is 14.4 Å². The van der Waals surface area contributed by atoms with Gasteiger partial charge in [0.1, 0.15) is 10.7 Å². The van der Waals surface area contributed by atoms with Gasteiger partial charge in [0.25, 0.3) is 11.5 Å². The first kappa shape index (κ1) is 18.9. The quantitative estimate of drug-likeness (QED) is 0.761. The number of carboxylic acids is 1. The lowest BCUT2D eigenvalue weighted by molar-refractivity contribution is -0.134. The molecule has 0 spiro atoms. The number of carbonyl (C=O) groups excluding carboxylic acids is 1. The molecule has 0 amide bonds. The third kappa shape index (κ3) is 4.11. The van der Waals surface area contributed by atoms with E-state index in [0.717, 1.165) is 42.0 Å². The molecule has 2 aromatic rings. The first-order chi connectivity index (χ1) is 12.9. The molecule has 4 rings (SSSR count). The number of fused-ring (bicyclic) bond motifs is 3. The van der Waals surface area contributed by atoms with Crippen LogP contribution < -0.4 is 5.56 Å². The Hall–Kier alpha value is -2.87. The molecule has 0 unspecified atom stereocenters. The fraction of sp³-hybridized carbons (Fsp3) is 0.316. The van der Waals surface area contributed by atoms with E-state index in [1.165, 1.54) is 28.1 Å². The largest absolute Gasteiger partial charge is 0.481 e. The normalized spacial score (nSPS) is 15.3. The van der Waals surface area contributed by atoms with Crippen molar-refractivity contribution < 1.29 is 14.7 Å². The zero-order valence-corrected chi connectivity index (χ0v) is 15.9. The first-order valence-electron chi connectivity index (χ1n) is 8.59. The minimum absolute atomic E-state index is 0.0755. The van der Waals surface area contributed by atoms with Gasteiger partial charge in [-0.2, -0.15) is 9.78 Å². The molecule has 2 aliphatic rings. The van der Waals surface area contributed by atoms with Gasteiger partial charge >= 0.3 is 0 Å². The van der Waals surface area contributed by atoms with Gasteiger partial charge in [-0.25, -0.2) is 4.98 Å². The molecule has 8 heteroatoms. The van der Waals surface area contributed by atoms with Crippen molar-refractivity contribution in [3.8, 4) is 0 Å². The third-order valence-electron chi connectivity index (χ3n) is 4.18. The van der Waals surface area contributed by atoms with Gasteiger partial charge in [0.15, 0.2) is 5.78 Å². The van der Waals surface area contributed by atoms with Crippen molar-refractivity contribution in [2.45, 2.75) is 39.5 Å². The number of nitrogens with zero attached hydrogens (tertiary/aromatic N) is 3. The topological polar surface area (TPSA) is 102 Å². The van der Waals surface area contributed by atoms with E-state index in [1.807, 2.05) is 0 Å². The van der Waals surface area contributed by atoms with Crippen LogP contribution in [0.4, 0.5) is 0 Å². The first-order valence-corrected chi connectivity index (χ1v) is 9.41. The highest BCUT2D eigenvalue weighted by Crippen LogP contribution is 2.33. The summed E-state index contributed by atoms with van der Waals surface area (Å²) in [5.41, 5.74) is 1.62. The zero-order chi connectivity index (χ0) is 19.6. The Morgan fingerprint density at radius 3 is 2.48 bits per heavy atom. The highest BCUT2D eigenvalue weighted by molar-refractivity contribution is 7.18. The number of allylic oxidation sites excluding steroid dienone is 4. The van der Waals surface area contributed by atoms with Crippen molar-refractivity contribution in [2.75, 3.05) is 0 Å². The number of carbonyl (C=O) groups is 2. The van der Waals surface area contributed by atoms with Crippen molar-refractivity contribution >= 4 is 39.0 Å².